The Balaban J connectivity index is 1.87. The Kier molecular flexibility index (Phi) is 5.40. The molecule has 0 atom stereocenters. The Hall–Kier alpha value is -0.870. The molecule has 104 valence electrons. The molecule has 2 N–H and O–H groups in total. The molecule has 2 rings (SSSR count). The minimum Gasteiger partial charge on any atom is -0.360 e. The van der Waals surface area contributed by atoms with E-state index in [1.807, 2.05) is 19.1 Å². The van der Waals surface area contributed by atoms with Gasteiger partial charge in [0.2, 0.25) is 0 Å². The van der Waals surface area contributed by atoms with E-state index in [1.54, 1.807) is 0 Å². The second kappa shape index (κ2) is 7.06. The molecule has 0 bridgehead atoms. The van der Waals surface area contributed by atoms with E-state index in [1.165, 1.54) is 38.5 Å². The summed E-state index contributed by atoms with van der Waals surface area (Å²) in [4.78, 5) is 4.35. The maximum atomic E-state index is 5.95. The van der Waals surface area contributed by atoms with Crippen LogP contribution in [0.25, 0.3) is 0 Å². The zero-order valence-corrected chi connectivity index (χ0v) is 12.8. The monoisotopic (exact) mass is 297 g/mol. The van der Waals surface area contributed by atoms with E-state index in [-0.39, 0.29) is 0 Å². The smallest absolute Gasteiger partial charge is 0.172 e. The minimum absolute atomic E-state index is 0.496. The molecule has 0 unspecified atom stereocenters. The van der Waals surface area contributed by atoms with Gasteiger partial charge in [0.25, 0.3) is 0 Å². The van der Waals surface area contributed by atoms with E-state index in [2.05, 4.69) is 15.6 Å². The largest absolute Gasteiger partial charge is 0.360 e. The lowest BCUT2D eigenvalue weighted by molar-refractivity contribution is 0.535. The molecule has 5 heteroatoms. The lowest BCUT2D eigenvalue weighted by Gasteiger charge is -2.18. The number of nitrogens with one attached hydrogen (secondary N) is 2. The Bertz CT molecular complexity index is 442. The predicted octanol–water partition coefficient (Wildman–Crippen LogP) is 4.05. The first-order valence-electron chi connectivity index (χ1n) is 6.86. The first-order chi connectivity index (χ1) is 9.15. The van der Waals surface area contributed by atoms with Gasteiger partial charge in [0.15, 0.2) is 5.11 Å². The zero-order chi connectivity index (χ0) is 13.7. The summed E-state index contributed by atoms with van der Waals surface area (Å²) in [5, 5.41) is 7.85. The molecule has 0 spiro atoms. The minimum atomic E-state index is 0.496. The molecule has 1 aromatic heterocycles. The number of aromatic nitrogens is 1. The summed E-state index contributed by atoms with van der Waals surface area (Å²) in [5.41, 5.74) is 0.809. The van der Waals surface area contributed by atoms with Gasteiger partial charge in [-0.25, -0.2) is 4.98 Å². The molecule has 0 aliphatic heterocycles. The van der Waals surface area contributed by atoms with Crippen molar-refractivity contribution in [3.63, 3.8) is 0 Å². The molecule has 0 aromatic carbocycles. The Morgan fingerprint density at radius 3 is 2.58 bits per heavy atom. The molecule has 1 aliphatic rings. The molecule has 1 fully saturated rings. The number of aryl methyl sites for hydroxylation is 1. The summed E-state index contributed by atoms with van der Waals surface area (Å²) in [5.74, 6) is 0.744. The van der Waals surface area contributed by atoms with Crippen molar-refractivity contribution in [2.24, 2.45) is 0 Å². The summed E-state index contributed by atoms with van der Waals surface area (Å²) >= 11 is 11.3. The van der Waals surface area contributed by atoms with Gasteiger partial charge in [-0.3, -0.25) is 0 Å². The Labute approximate surface area is 125 Å². The van der Waals surface area contributed by atoms with Gasteiger partial charge in [-0.05, 0) is 44.1 Å². The molecule has 1 saturated carbocycles. The summed E-state index contributed by atoms with van der Waals surface area (Å²) < 4.78 is 0. The van der Waals surface area contributed by atoms with Crippen LogP contribution in [0.2, 0.25) is 5.02 Å². The number of anilines is 1. The predicted molar refractivity (Wildman–Crippen MR) is 84.8 cm³/mol. The van der Waals surface area contributed by atoms with Crippen LogP contribution in [-0.2, 0) is 0 Å². The van der Waals surface area contributed by atoms with Crippen molar-refractivity contribution in [1.82, 2.24) is 10.3 Å². The molecule has 0 radical (unpaired) electrons. The van der Waals surface area contributed by atoms with Crippen LogP contribution in [0.3, 0.4) is 0 Å². The normalized spacial score (nSPS) is 16.7. The summed E-state index contributed by atoms with van der Waals surface area (Å²) in [6, 6.07) is 4.17. The molecule has 0 amide bonds. The summed E-state index contributed by atoms with van der Waals surface area (Å²) in [6.07, 6.45) is 7.67. The van der Waals surface area contributed by atoms with Crippen LogP contribution in [0.5, 0.6) is 0 Å². The molecular weight excluding hydrogens is 278 g/mol. The van der Waals surface area contributed by atoms with Gasteiger partial charge >= 0.3 is 0 Å². The first kappa shape index (κ1) is 14.5. The zero-order valence-electron chi connectivity index (χ0n) is 11.2. The number of hydrogen-bond donors (Lipinski definition) is 2. The second-order valence-electron chi connectivity index (χ2n) is 5.05. The van der Waals surface area contributed by atoms with Crippen molar-refractivity contribution in [1.29, 1.82) is 0 Å². The van der Waals surface area contributed by atoms with Crippen molar-refractivity contribution in [3.05, 3.63) is 22.8 Å². The van der Waals surface area contributed by atoms with Crippen molar-refractivity contribution < 1.29 is 0 Å². The lowest BCUT2D eigenvalue weighted by Crippen LogP contribution is -2.37. The highest BCUT2D eigenvalue weighted by Gasteiger charge is 2.13. The molecule has 0 saturated heterocycles. The molecule has 1 heterocycles. The highest BCUT2D eigenvalue weighted by molar-refractivity contribution is 7.80. The average Bonchev–Trinajstić information content (AvgIpc) is 2.62. The number of rotatable bonds is 2. The van der Waals surface area contributed by atoms with E-state index >= 15 is 0 Å². The van der Waals surface area contributed by atoms with Gasteiger partial charge in [0.05, 0.1) is 10.7 Å². The molecular formula is C14H20ClN3S. The maximum Gasteiger partial charge on any atom is 0.172 e. The van der Waals surface area contributed by atoms with Crippen molar-refractivity contribution in [3.8, 4) is 0 Å². The number of thiocarbonyl (C=S) groups is 1. The third-order valence-corrected chi connectivity index (χ3v) is 4.07. The van der Waals surface area contributed by atoms with Gasteiger partial charge in [0.1, 0.15) is 5.82 Å². The fourth-order valence-corrected chi connectivity index (χ4v) is 2.75. The maximum absolute atomic E-state index is 5.95. The third-order valence-electron chi connectivity index (χ3n) is 3.45. The van der Waals surface area contributed by atoms with Gasteiger partial charge < -0.3 is 10.6 Å². The van der Waals surface area contributed by atoms with Crippen LogP contribution < -0.4 is 10.6 Å². The fourth-order valence-electron chi connectivity index (χ4n) is 2.38. The highest BCUT2D eigenvalue weighted by Crippen LogP contribution is 2.18. The van der Waals surface area contributed by atoms with Crippen LogP contribution in [0, 0.1) is 6.92 Å². The van der Waals surface area contributed by atoms with Crippen LogP contribution in [-0.4, -0.2) is 16.1 Å². The fraction of sp³-hybridized carbons (Fsp3) is 0.571. The van der Waals surface area contributed by atoms with Gasteiger partial charge in [-0.15, -0.1) is 0 Å². The average molecular weight is 298 g/mol. The van der Waals surface area contributed by atoms with E-state index in [4.69, 9.17) is 23.8 Å². The quantitative estimate of drug-likeness (QED) is 0.638. The van der Waals surface area contributed by atoms with Crippen LogP contribution in [0.1, 0.15) is 44.2 Å². The Morgan fingerprint density at radius 1 is 1.26 bits per heavy atom. The first-order valence-corrected chi connectivity index (χ1v) is 7.64. The highest BCUT2D eigenvalue weighted by atomic mass is 35.5. The van der Waals surface area contributed by atoms with Gasteiger partial charge in [0, 0.05) is 6.04 Å². The summed E-state index contributed by atoms with van der Waals surface area (Å²) in [6.45, 7) is 1.88. The van der Waals surface area contributed by atoms with Gasteiger partial charge in [-0.1, -0.05) is 37.3 Å². The number of nitrogens with zero attached hydrogens (tertiary/aromatic N) is 1. The standard InChI is InChI=1S/C14H20ClN3S/c1-10-12(15)8-9-13(16-10)18-14(19)17-11-6-4-2-3-5-7-11/h8-9,11H,2-7H2,1H3,(H2,16,17,18,19). The second-order valence-corrected chi connectivity index (χ2v) is 5.87. The van der Waals surface area contributed by atoms with Crippen LogP contribution in [0.15, 0.2) is 12.1 Å². The molecule has 3 nitrogen and oxygen atoms in total. The number of halogens is 1. The molecule has 1 aromatic rings. The van der Waals surface area contributed by atoms with Crippen molar-refractivity contribution in [2.75, 3.05) is 5.32 Å². The number of hydrogen-bond acceptors (Lipinski definition) is 2. The van der Waals surface area contributed by atoms with E-state index in [0.29, 0.717) is 16.2 Å². The number of pyridine rings is 1. The van der Waals surface area contributed by atoms with Crippen molar-refractivity contribution >= 4 is 34.7 Å². The topological polar surface area (TPSA) is 37.0 Å². The van der Waals surface area contributed by atoms with Crippen LogP contribution in [0.4, 0.5) is 5.82 Å². The van der Waals surface area contributed by atoms with Gasteiger partial charge in [-0.2, -0.15) is 0 Å². The van der Waals surface area contributed by atoms with Crippen LogP contribution >= 0.6 is 23.8 Å². The SMILES string of the molecule is Cc1nc(NC(=S)NC2CCCCCC2)ccc1Cl. The Morgan fingerprint density at radius 2 is 1.95 bits per heavy atom. The van der Waals surface area contributed by atoms with E-state index in [0.717, 1.165) is 11.5 Å². The lowest BCUT2D eigenvalue weighted by atomic mass is 10.1. The summed E-state index contributed by atoms with van der Waals surface area (Å²) in [7, 11) is 0. The molecule has 1 aliphatic carbocycles. The van der Waals surface area contributed by atoms with E-state index in [9.17, 15) is 0 Å². The van der Waals surface area contributed by atoms with E-state index < -0.39 is 0 Å². The third kappa shape index (κ3) is 4.62. The molecule has 19 heavy (non-hydrogen) atoms. The van der Waals surface area contributed by atoms with Crippen molar-refractivity contribution in [2.45, 2.75) is 51.5 Å².